The topological polar surface area (TPSA) is 67.4 Å². The second-order valence-electron chi connectivity index (χ2n) is 6.39. The maximum absolute atomic E-state index is 11.8. The third-order valence-corrected chi connectivity index (χ3v) is 4.33. The first kappa shape index (κ1) is 21.5. The fourth-order valence-electron chi connectivity index (χ4n) is 2.90. The van der Waals surface area contributed by atoms with E-state index in [4.69, 9.17) is 4.74 Å². The SMILES string of the molecule is CC(=O)c1cccc(OCCCC(=O)NCCC2CCCNC2)c1.Cl. The summed E-state index contributed by atoms with van der Waals surface area (Å²) in [5.41, 5.74) is 0.641. The molecule has 1 fully saturated rings. The van der Waals surface area contributed by atoms with Gasteiger partial charge in [-0.2, -0.15) is 0 Å². The minimum Gasteiger partial charge on any atom is -0.494 e. The average molecular weight is 369 g/mol. The number of carbonyl (C=O) groups excluding carboxylic acids is 2. The molecule has 1 unspecified atom stereocenters. The molecule has 0 saturated carbocycles. The van der Waals surface area contributed by atoms with Crippen molar-refractivity contribution in [2.45, 2.75) is 39.0 Å². The van der Waals surface area contributed by atoms with E-state index in [-0.39, 0.29) is 24.1 Å². The number of nitrogens with one attached hydrogen (secondary N) is 2. The molecule has 1 heterocycles. The van der Waals surface area contributed by atoms with Crippen LogP contribution in [0.1, 0.15) is 49.4 Å². The number of hydrogen-bond acceptors (Lipinski definition) is 4. The quantitative estimate of drug-likeness (QED) is 0.519. The molecule has 1 aromatic rings. The molecule has 2 N–H and O–H groups in total. The van der Waals surface area contributed by atoms with E-state index >= 15 is 0 Å². The molecule has 0 spiro atoms. The summed E-state index contributed by atoms with van der Waals surface area (Å²) in [5.74, 6) is 1.47. The Hall–Kier alpha value is -1.59. The molecule has 140 valence electrons. The van der Waals surface area contributed by atoms with Crippen molar-refractivity contribution < 1.29 is 14.3 Å². The van der Waals surface area contributed by atoms with E-state index in [2.05, 4.69) is 10.6 Å². The molecule has 6 heteroatoms. The number of piperidine rings is 1. The van der Waals surface area contributed by atoms with Gasteiger partial charge in [0, 0.05) is 18.5 Å². The summed E-state index contributed by atoms with van der Waals surface area (Å²) in [6.07, 6.45) is 4.68. The van der Waals surface area contributed by atoms with Gasteiger partial charge in [-0.15, -0.1) is 12.4 Å². The monoisotopic (exact) mass is 368 g/mol. The van der Waals surface area contributed by atoms with Crippen molar-refractivity contribution in [3.05, 3.63) is 29.8 Å². The Labute approximate surface area is 156 Å². The number of halogens is 1. The van der Waals surface area contributed by atoms with Crippen molar-refractivity contribution in [1.29, 1.82) is 0 Å². The van der Waals surface area contributed by atoms with Crippen LogP contribution in [-0.2, 0) is 4.79 Å². The summed E-state index contributed by atoms with van der Waals surface area (Å²) in [5, 5.41) is 6.38. The van der Waals surface area contributed by atoms with Gasteiger partial charge in [-0.3, -0.25) is 9.59 Å². The molecule has 1 aliphatic rings. The van der Waals surface area contributed by atoms with E-state index in [1.165, 1.54) is 19.8 Å². The Kier molecular flexibility index (Phi) is 10.2. The van der Waals surface area contributed by atoms with Crippen LogP contribution in [0, 0.1) is 5.92 Å². The smallest absolute Gasteiger partial charge is 0.220 e. The second kappa shape index (κ2) is 11.9. The van der Waals surface area contributed by atoms with Gasteiger partial charge in [0.1, 0.15) is 5.75 Å². The van der Waals surface area contributed by atoms with E-state index < -0.39 is 0 Å². The number of carbonyl (C=O) groups is 2. The Morgan fingerprint density at radius 3 is 2.92 bits per heavy atom. The minimum atomic E-state index is 0. The van der Waals surface area contributed by atoms with Crippen LogP contribution in [0.2, 0.25) is 0 Å². The Balaban J connectivity index is 0.00000312. The summed E-state index contributed by atoms with van der Waals surface area (Å²) in [6.45, 7) is 4.96. The summed E-state index contributed by atoms with van der Waals surface area (Å²) < 4.78 is 5.61. The number of Topliss-reactive ketones (excluding diaryl/α,β-unsaturated/α-hetero) is 1. The van der Waals surface area contributed by atoms with E-state index in [0.717, 1.165) is 26.1 Å². The molecule has 1 atom stereocenters. The van der Waals surface area contributed by atoms with Crippen LogP contribution in [0.15, 0.2) is 24.3 Å². The van der Waals surface area contributed by atoms with E-state index in [9.17, 15) is 9.59 Å². The zero-order chi connectivity index (χ0) is 17.2. The van der Waals surface area contributed by atoms with Gasteiger partial charge in [0.05, 0.1) is 6.61 Å². The van der Waals surface area contributed by atoms with Crippen LogP contribution < -0.4 is 15.4 Å². The first-order valence-corrected chi connectivity index (χ1v) is 8.86. The van der Waals surface area contributed by atoms with Gasteiger partial charge in [-0.25, -0.2) is 0 Å². The summed E-state index contributed by atoms with van der Waals surface area (Å²) in [4.78, 5) is 23.1. The predicted molar refractivity (Wildman–Crippen MR) is 102 cm³/mol. The van der Waals surface area contributed by atoms with Crippen molar-refractivity contribution >= 4 is 24.1 Å². The molecule has 1 amide bonds. The van der Waals surface area contributed by atoms with Crippen molar-refractivity contribution in [3.63, 3.8) is 0 Å². The molecule has 1 aromatic carbocycles. The molecule has 1 saturated heterocycles. The largest absolute Gasteiger partial charge is 0.494 e. The number of amides is 1. The summed E-state index contributed by atoms with van der Waals surface area (Å²) >= 11 is 0. The van der Waals surface area contributed by atoms with Gasteiger partial charge in [0.25, 0.3) is 0 Å². The van der Waals surface area contributed by atoms with Crippen LogP contribution in [0.25, 0.3) is 0 Å². The molecule has 1 aliphatic heterocycles. The fourth-order valence-corrected chi connectivity index (χ4v) is 2.90. The van der Waals surface area contributed by atoms with Crippen LogP contribution in [-0.4, -0.2) is 37.9 Å². The van der Waals surface area contributed by atoms with Crippen LogP contribution in [0.4, 0.5) is 0 Å². The number of ketones is 1. The Bertz CT molecular complexity index is 545. The molecule has 0 radical (unpaired) electrons. The molecule has 2 rings (SSSR count). The lowest BCUT2D eigenvalue weighted by Crippen LogP contribution is -2.33. The zero-order valence-electron chi connectivity index (χ0n) is 14.9. The Morgan fingerprint density at radius 2 is 2.20 bits per heavy atom. The molecule has 25 heavy (non-hydrogen) atoms. The van der Waals surface area contributed by atoms with Gasteiger partial charge < -0.3 is 15.4 Å². The van der Waals surface area contributed by atoms with Crippen molar-refractivity contribution in [1.82, 2.24) is 10.6 Å². The van der Waals surface area contributed by atoms with Gasteiger partial charge >= 0.3 is 0 Å². The lowest BCUT2D eigenvalue weighted by atomic mass is 9.96. The van der Waals surface area contributed by atoms with Crippen LogP contribution in [0.3, 0.4) is 0 Å². The molecule has 0 aromatic heterocycles. The lowest BCUT2D eigenvalue weighted by Gasteiger charge is -2.22. The highest BCUT2D eigenvalue weighted by Crippen LogP contribution is 2.14. The first-order chi connectivity index (χ1) is 11.6. The third-order valence-electron chi connectivity index (χ3n) is 4.33. The molecule has 5 nitrogen and oxygen atoms in total. The average Bonchev–Trinajstić information content (AvgIpc) is 2.60. The molecular formula is C19H29ClN2O3. The fraction of sp³-hybridized carbons (Fsp3) is 0.579. The third kappa shape index (κ3) is 8.36. The number of ether oxygens (including phenoxy) is 1. The minimum absolute atomic E-state index is 0. The lowest BCUT2D eigenvalue weighted by molar-refractivity contribution is -0.121. The van der Waals surface area contributed by atoms with Crippen molar-refractivity contribution in [3.8, 4) is 5.75 Å². The maximum atomic E-state index is 11.8. The van der Waals surface area contributed by atoms with Gasteiger partial charge in [-0.1, -0.05) is 12.1 Å². The highest BCUT2D eigenvalue weighted by molar-refractivity contribution is 5.94. The second-order valence-corrected chi connectivity index (χ2v) is 6.39. The summed E-state index contributed by atoms with van der Waals surface area (Å²) in [6, 6.07) is 7.13. The maximum Gasteiger partial charge on any atom is 0.220 e. The van der Waals surface area contributed by atoms with Crippen molar-refractivity contribution in [2.24, 2.45) is 5.92 Å². The van der Waals surface area contributed by atoms with Crippen LogP contribution >= 0.6 is 12.4 Å². The Morgan fingerprint density at radius 1 is 1.36 bits per heavy atom. The highest BCUT2D eigenvalue weighted by atomic mass is 35.5. The van der Waals surface area contributed by atoms with Gasteiger partial charge in [0.2, 0.25) is 5.91 Å². The summed E-state index contributed by atoms with van der Waals surface area (Å²) in [7, 11) is 0. The molecular weight excluding hydrogens is 340 g/mol. The molecule has 0 aliphatic carbocycles. The normalized spacial score (nSPS) is 16.6. The highest BCUT2D eigenvalue weighted by Gasteiger charge is 2.12. The van der Waals surface area contributed by atoms with E-state index in [1.54, 1.807) is 18.2 Å². The predicted octanol–water partition coefficient (Wildman–Crippen LogP) is 2.98. The van der Waals surface area contributed by atoms with Gasteiger partial charge in [0.15, 0.2) is 5.78 Å². The van der Waals surface area contributed by atoms with Crippen molar-refractivity contribution in [2.75, 3.05) is 26.2 Å². The first-order valence-electron chi connectivity index (χ1n) is 8.86. The number of rotatable bonds is 9. The van der Waals surface area contributed by atoms with E-state index in [0.29, 0.717) is 36.7 Å². The number of hydrogen-bond donors (Lipinski definition) is 2. The van der Waals surface area contributed by atoms with Crippen LogP contribution in [0.5, 0.6) is 5.75 Å². The van der Waals surface area contributed by atoms with E-state index in [1.807, 2.05) is 6.07 Å². The zero-order valence-corrected chi connectivity index (χ0v) is 15.7. The number of benzene rings is 1. The van der Waals surface area contributed by atoms with Gasteiger partial charge in [-0.05, 0) is 63.7 Å². The molecule has 0 bridgehead atoms. The standard InChI is InChI=1S/C19H28N2O3.ClH/c1-15(22)17-6-2-7-18(13-17)24-12-4-8-19(23)21-11-9-16-5-3-10-20-14-16;/h2,6-7,13,16,20H,3-5,8-12,14H2,1H3,(H,21,23);1H.